The molecule has 1 aliphatic heterocycles. The van der Waals surface area contributed by atoms with Crippen LogP contribution in [0.2, 0.25) is 0 Å². The van der Waals surface area contributed by atoms with Crippen molar-refractivity contribution < 1.29 is 18.0 Å². The van der Waals surface area contributed by atoms with Crippen LogP contribution in [-0.4, -0.2) is 33.2 Å². The van der Waals surface area contributed by atoms with E-state index in [-0.39, 0.29) is 11.9 Å². The highest BCUT2D eigenvalue weighted by Gasteiger charge is 2.49. The van der Waals surface area contributed by atoms with Crippen molar-refractivity contribution in [1.82, 2.24) is 15.1 Å². The van der Waals surface area contributed by atoms with Crippen LogP contribution in [0.1, 0.15) is 38.8 Å². The number of amides is 1. The van der Waals surface area contributed by atoms with E-state index >= 15 is 0 Å². The number of hydrogen-bond donors (Lipinski definition) is 1. The van der Waals surface area contributed by atoms with Crippen molar-refractivity contribution in [3.8, 4) is 5.69 Å². The minimum atomic E-state index is -3.47. The number of halogens is 3. The summed E-state index contributed by atoms with van der Waals surface area (Å²) >= 11 is 0. The van der Waals surface area contributed by atoms with Crippen LogP contribution in [0.5, 0.6) is 0 Å². The van der Waals surface area contributed by atoms with E-state index in [0.29, 0.717) is 13.3 Å². The molecule has 0 saturated carbocycles. The van der Waals surface area contributed by atoms with Crippen LogP contribution in [0.3, 0.4) is 0 Å². The second-order valence-electron chi connectivity index (χ2n) is 9.99. The van der Waals surface area contributed by atoms with Gasteiger partial charge >= 0.3 is 5.92 Å². The average molecular weight is 493 g/mol. The molecule has 3 aromatic carbocycles. The lowest BCUT2D eigenvalue weighted by atomic mass is 9.97. The summed E-state index contributed by atoms with van der Waals surface area (Å²) in [5.74, 6) is -5.06. The highest BCUT2D eigenvalue weighted by Crippen LogP contribution is 2.46. The first-order valence-corrected chi connectivity index (χ1v) is 11.8. The molecule has 186 valence electrons. The third-order valence-corrected chi connectivity index (χ3v) is 6.79. The van der Waals surface area contributed by atoms with Crippen LogP contribution >= 0.6 is 0 Å². The first-order valence-electron chi connectivity index (χ1n) is 11.8. The van der Waals surface area contributed by atoms with Gasteiger partial charge in [0.05, 0.1) is 29.5 Å². The molecule has 1 aromatic heterocycles. The van der Waals surface area contributed by atoms with E-state index in [9.17, 15) is 18.0 Å². The van der Waals surface area contributed by atoms with Gasteiger partial charge in [-0.05, 0) is 68.3 Å². The molecule has 1 amide bonds. The summed E-state index contributed by atoms with van der Waals surface area (Å²) in [5, 5.41) is 7.99. The van der Waals surface area contributed by atoms with Gasteiger partial charge in [0.15, 0.2) is 0 Å². The van der Waals surface area contributed by atoms with Gasteiger partial charge in [0.1, 0.15) is 5.82 Å². The van der Waals surface area contributed by atoms with Crippen molar-refractivity contribution in [3.63, 3.8) is 0 Å². The Labute approximate surface area is 207 Å². The van der Waals surface area contributed by atoms with Gasteiger partial charge in [-0.25, -0.2) is 9.07 Å². The van der Waals surface area contributed by atoms with Crippen molar-refractivity contribution in [2.75, 3.05) is 4.90 Å². The largest absolute Gasteiger partial charge is 0.357 e. The SMILES string of the molecule is CC(F)(F)C(=O)N[C@H]1CC(C)(C)N(c2ccc3c(cnn3-c3ccc(F)cc3)c2)[C@@H]1c1ccccc1. The van der Waals surface area contributed by atoms with Crippen molar-refractivity contribution in [2.45, 2.75) is 50.7 Å². The second kappa shape index (κ2) is 8.69. The molecule has 2 atom stereocenters. The van der Waals surface area contributed by atoms with Crippen LogP contribution in [-0.2, 0) is 4.79 Å². The third-order valence-electron chi connectivity index (χ3n) is 6.79. The molecule has 1 saturated heterocycles. The van der Waals surface area contributed by atoms with E-state index in [2.05, 4.69) is 15.3 Å². The molecule has 0 aliphatic carbocycles. The monoisotopic (exact) mass is 492 g/mol. The lowest BCUT2D eigenvalue weighted by Gasteiger charge is -2.38. The van der Waals surface area contributed by atoms with Crippen LogP contribution in [0.25, 0.3) is 16.6 Å². The molecule has 8 heteroatoms. The topological polar surface area (TPSA) is 50.2 Å². The number of alkyl halides is 2. The first kappa shape index (κ1) is 23.9. The Balaban J connectivity index is 1.57. The molecule has 1 aliphatic rings. The zero-order valence-electron chi connectivity index (χ0n) is 20.3. The smallest absolute Gasteiger partial charge is 0.321 e. The molecular weight excluding hydrogens is 465 g/mol. The summed E-state index contributed by atoms with van der Waals surface area (Å²) in [5.41, 5.74) is 2.97. The zero-order chi connectivity index (χ0) is 25.7. The molecule has 0 bridgehead atoms. The number of aromatic nitrogens is 2. The Bertz CT molecular complexity index is 1390. The van der Waals surface area contributed by atoms with Gasteiger partial charge in [-0.3, -0.25) is 4.79 Å². The molecule has 1 fully saturated rings. The Morgan fingerprint density at radius 3 is 2.36 bits per heavy atom. The summed E-state index contributed by atoms with van der Waals surface area (Å²) in [4.78, 5) is 14.5. The Morgan fingerprint density at radius 1 is 1.03 bits per heavy atom. The second-order valence-corrected chi connectivity index (χ2v) is 9.99. The summed E-state index contributed by atoms with van der Waals surface area (Å²) in [6.45, 7) is 4.71. The van der Waals surface area contributed by atoms with Crippen LogP contribution in [0.15, 0.2) is 79.0 Å². The Hall–Kier alpha value is -3.81. The number of carbonyl (C=O) groups is 1. The molecule has 0 radical (unpaired) electrons. The number of rotatable bonds is 5. The molecular formula is C28H27F3N4O. The molecule has 5 nitrogen and oxygen atoms in total. The fourth-order valence-corrected chi connectivity index (χ4v) is 5.23. The minimum Gasteiger partial charge on any atom is -0.357 e. The lowest BCUT2D eigenvalue weighted by Crippen LogP contribution is -2.46. The fraction of sp³-hybridized carbons (Fsp3) is 0.286. The van der Waals surface area contributed by atoms with Crippen molar-refractivity contribution in [3.05, 3.63) is 90.4 Å². The van der Waals surface area contributed by atoms with Crippen molar-refractivity contribution in [1.29, 1.82) is 0 Å². The summed E-state index contributed by atoms with van der Waals surface area (Å²) in [7, 11) is 0. The standard InChI is InChI=1S/C28H27F3N4O/c1-27(2)16-23(33-26(36)28(3,30)31)25(18-7-5-4-6-8-18)34(27)22-13-14-24-19(15-22)17-32-35(24)21-11-9-20(29)10-12-21/h4-15,17,23,25H,16H2,1-3H3,(H,33,36)/t23-,25+/m0/s1. The number of benzene rings is 3. The van der Waals surface area contributed by atoms with E-state index in [1.54, 1.807) is 23.0 Å². The number of anilines is 1. The summed E-state index contributed by atoms with van der Waals surface area (Å²) in [6.07, 6.45) is 2.24. The molecule has 1 N–H and O–H groups in total. The van der Waals surface area contributed by atoms with Crippen LogP contribution < -0.4 is 10.2 Å². The number of fused-ring (bicyclic) bond motifs is 1. The summed E-state index contributed by atoms with van der Waals surface area (Å²) < 4.78 is 42.7. The molecule has 0 spiro atoms. The Morgan fingerprint density at radius 2 is 1.69 bits per heavy atom. The van der Waals surface area contributed by atoms with Crippen LogP contribution in [0, 0.1) is 5.82 Å². The Kier molecular flexibility index (Phi) is 5.77. The predicted octanol–water partition coefficient (Wildman–Crippen LogP) is 6.03. The predicted molar refractivity (Wildman–Crippen MR) is 134 cm³/mol. The van der Waals surface area contributed by atoms with Gasteiger partial charge in [0.2, 0.25) is 0 Å². The van der Waals surface area contributed by atoms with Gasteiger partial charge in [-0.15, -0.1) is 0 Å². The minimum absolute atomic E-state index is 0.316. The zero-order valence-corrected chi connectivity index (χ0v) is 20.3. The van der Waals surface area contributed by atoms with Crippen LogP contribution in [0.4, 0.5) is 18.9 Å². The number of carbonyl (C=O) groups excluding carboxylic acids is 1. The van der Waals surface area contributed by atoms with Crippen molar-refractivity contribution in [2.24, 2.45) is 0 Å². The van der Waals surface area contributed by atoms with E-state index < -0.39 is 23.4 Å². The lowest BCUT2D eigenvalue weighted by molar-refractivity contribution is -0.143. The molecule has 0 unspecified atom stereocenters. The van der Waals surface area contributed by atoms with E-state index in [4.69, 9.17) is 0 Å². The fourth-order valence-electron chi connectivity index (χ4n) is 5.23. The normalized spacial score (nSPS) is 19.6. The molecule has 5 rings (SSSR count). The maximum absolute atomic E-state index is 13.8. The highest BCUT2D eigenvalue weighted by molar-refractivity contribution is 5.85. The van der Waals surface area contributed by atoms with Gasteiger partial charge in [0, 0.05) is 23.5 Å². The highest BCUT2D eigenvalue weighted by atomic mass is 19.3. The van der Waals surface area contributed by atoms with Gasteiger partial charge in [-0.1, -0.05) is 30.3 Å². The molecule has 2 heterocycles. The van der Waals surface area contributed by atoms with E-state index in [1.807, 2.05) is 62.4 Å². The van der Waals surface area contributed by atoms with Crippen molar-refractivity contribution >= 4 is 22.5 Å². The number of hydrogen-bond acceptors (Lipinski definition) is 3. The maximum Gasteiger partial charge on any atom is 0.321 e. The third kappa shape index (κ3) is 4.32. The molecule has 4 aromatic rings. The average Bonchev–Trinajstić information content (AvgIpc) is 3.36. The van der Waals surface area contributed by atoms with Gasteiger partial charge in [-0.2, -0.15) is 13.9 Å². The van der Waals surface area contributed by atoms with Gasteiger partial charge < -0.3 is 10.2 Å². The molecule has 36 heavy (non-hydrogen) atoms. The first-order chi connectivity index (χ1) is 17.0. The quantitative estimate of drug-likeness (QED) is 0.370. The summed E-state index contributed by atoms with van der Waals surface area (Å²) in [6, 6.07) is 20.8. The van der Waals surface area contributed by atoms with Gasteiger partial charge in [0.25, 0.3) is 5.91 Å². The van der Waals surface area contributed by atoms with E-state index in [1.165, 1.54) is 12.1 Å². The van der Waals surface area contributed by atoms with E-state index in [0.717, 1.165) is 27.8 Å². The maximum atomic E-state index is 13.8. The number of nitrogens with one attached hydrogen (secondary N) is 1. The number of nitrogens with zero attached hydrogens (tertiary/aromatic N) is 3.